The van der Waals surface area contributed by atoms with Crippen LogP contribution in [0.25, 0.3) is 0 Å². The van der Waals surface area contributed by atoms with Gasteiger partial charge in [-0.3, -0.25) is 14.9 Å². The fraction of sp³-hybridized carbons (Fsp3) is 0.409. The van der Waals surface area contributed by atoms with Crippen LogP contribution in [0.15, 0.2) is 54.6 Å². The average Bonchev–Trinajstić information content (AvgIpc) is 2.72. The molecule has 0 aromatic heterocycles. The van der Waals surface area contributed by atoms with Gasteiger partial charge in [-0.25, -0.2) is 0 Å². The Morgan fingerprint density at radius 2 is 1.71 bits per heavy atom. The van der Waals surface area contributed by atoms with Crippen molar-refractivity contribution in [2.24, 2.45) is 5.92 Å². The summed E-state index contributed by atoms with van der Waals surface area (Å²) in [4.78, 5) is 28.1. The Kier molecular flexibility index (Phi) is 6.29. The van der Waals surface area contributed by atoms with Gasteiger partial charge < -0.3 is 9.80 Å². The van der Waals surface area contributed by atoms with Crippen molar-refractivity contribution >= 4 is 17.3 Å². The molecule has 1 aliphatic heterocycles. The number of rotatable bonds is 6. The Balaban J connectivity index is 1.66. The van der Waals surface area contributed by atoms with Crippen molar-refractivity contribution in [3.05, 3.63) is 70.3 Å². The lowest BCUT2D eigenvalue weighted by molar-refractivity contribution is -0.384. The van der Waals surface area contributed by atoms with Crippen molar-refractivity contribution in [2.45, 2.75) is 39.3 Å². The maximum atomic E-state index is 13.2. The molecule has 0 N–H and O–H groups in total. The zero-order valence-corrected chi connectivity index (χ0v) is 16.5. The predicted octanol–water partition coefficient (Wildman–Crippen LogP) is 4.25. The standard InChI is InChI=1S/C22H27N3O3/c1-17(2)24(16-18-8-4-3-5-9-18)22(26)19-12-14-23(15-13-19)20-10-6-7-11-21(20)25(27)28/h3-11,17,19H,12-16H2,1-2H3. The van der Waals surface area contributed by atoms with Gasteiger partial charge >= 0.3 is 0 Å². The van der Waals surface area contributed by atoms with Crippen molar-refractivity contribution in [3.8, 4) is 0 Å². The molecule has 2 aromatic rings. The Labute approximate surface area is 165 Å². The number of anilines is 1. The number of piperidine rings is 1. The van der Waals surface area contributed by atoms with Crippen molar-refractivity contribution in [2.75, 3.05) is 18.0 Å². The number of carbonyl (C=O) groups is 1. The first kappa shape index (κ1) is 19.9. The number of hydrogen-bond donors (Lipinski definition) is 0. The number of nitro benzene ring substituents is 1. The number of para-hydroxylation sites is 2. The van der Waals surface area contributed by atoms with Crippen LogP contribution in [0.5, 0.6) is 0 Å². The van der Waals surface area contributed by atoms with E-state index in [1.807, 2.05) is 60.0 Å². The summed E-state index contributed by atoms with van der Waals surface area (Å²) in [5, 5.41) is 11.3. The highest BCUT2D eigenvalue weighted by Crippen LogP contribution is 2.32. The van der Waals surface area contributed by atoms with Crippen LogP contribution in [0.2, 0.25) is 0 Å². The van der Waals surface area contributed by atoms with E-state index in [1.54, 1.807) is 12.1 Å². The molecule has 1 aliphatic rings. The predicted molar refractivity (Wildman–Crippen MR) is 110 cm³/mol. The lowest BCUT2D eigenvalue weighted by Crippen LogP contribution is -2.45. The van der Waals surface area contributed by atoms with Crippen molar-refractivity contribution < 1.29 is 9.72 Å². The molecule has 3 rings (SSSR count). The highest BCUT2D eigenvalue weighted by Gasteiger charge is 2.31. The van der Waals surface area contributed by atoms with E-state index in [0.29, 0.717) is 38.2 Å². The molecule has 2 aromatic carbocycles. The third-order valence-corrected chi connectivity index (χ3v) is 5.37. The first-order valence-electron chi connectivity index (χ1n) is 9.80. The smallest absolute Gasteiger partial charge is 0.292 e. The van der Waals surface area contributed by atoms with Gasteiger partial charge in [-0.2, -0.15) is 0 Å². The van der Waals surface area contributed by atoms with E-state index in [4.69, 9.17) is 0 Å². The van der Waals surface area contributed by atoms with Crippen LogP contribution in [0.1, 0.15) is 32.3 Å². The molecular formula is C22H27N3O3. The minimum Gasteiger partial charge on any atom is -0.366 e. The van der Waals surface area contributed by atoms with E-state index in [1.165, 1.54) is 6.07 Å². The topological polar surface area (TPSA) is 66.7 Å². The maximum absolute atomic E-state index is 13.2. The molecule has 1 fully saturated rings. The molecule has 1 saturated heterocycles. The Morgan fingerprint density at radius 3 is 2.32 bits per heavy atom. The van der Waals surface area contributed by atoms with Crippen LogP contribution in [0, 0.1) is 16.0 Å². The van der Waals surface area contributed by atoms with Gasteiger partial charge in [-0.1, -0.05) is 42.5 Å². The van der Waals surface area contributed by atoms with Gasteiger partial charge in [-0.15, -0.1) is 0 Å². The summed E-state index contributed by atoms with van der Waals surface area (Å²) < 4.78 is 0. The molecule has 1 amide bonds. The average molecular weight is 381 g/mol. The third-order valence-electron chi connectivity index (χ3n) is 5.37. The molecule has 148 valence electrons. The van der Waals surface area contributed by atoms with Crippen LogP contribution in [0.4, 0.5) is 11.4 Å². The molecule has 0 spiro atoms. The van der Waals surface area contributed by atoms with E-state index in [2.05, 4.69) is 0 Å². The fourth-order valence-corrected chi connectivity index (χ4v) is 3.78. The molecule has 0 atom stereocenters. The van der Waals surface area contributed by atoms with Gasteiger partial charge in [-0.05, 0) is 38.3 Å². The number of nitro groups is 1. The minimum atomic E-state index is -0.340. The molecule has 6 nitrogen and oxygen atoms in total. The first-order chi connectivity index (χ1) is 13.5. The molecule has 0 bridgehead atoms. The van der Waals surface area contributed by atoms with Crippen molar-refractivity contribution in [1.82, 2.24) is 4.90 Å². The molecule has 1 heterocycles. The maximum Gasteiger partial charge on any atom is 0.292 e. The first-order valence-corrected chi connectivity index (χ1v) is 9.80. The lowest BCUT2D eigenvalue weighted by atomic mass is 9.94. The van der Waals surface area contributed by atoms with Gasteiger partial charge in [0.2, 0.25) is 5.91 Å². The Bertz CT molecular complexity index is 815. The molecule has 0 radical (unpaired) electrons. The van der Waals surface area contributed by atoms with E-state index in [0.717, 1.165) is 5.56 Å². The second-order valence-electron chi connectivity index (χ2n) is 7.55. The van der Waals surface area contributed by atoms with Crippen LogP contribution in [-0.2, 0) is 11.3 Å². The zero-order chi connectivity index (χ0) is 20.1. The molecule has 0 aliphatic carbocycles. The van der Waals surface area contributed by atoms with E-state index < -0.39 is 0 Å². The monoisotopic (exact) mass is 381 g/mol. The van der Waals surface area contributed by atoms with Crippen molar-refractivity contribution in [1.29, 1.82) is 0 Å². The van der Waals surface area contributed by atoms with Gasteiger partial charge in [0.1, 0.15) is 5.69 Å². The molecular weight excluding hydrogens is 354 g/mol. The Hall–Kier alpha value is -2.89. The normalized spacial score (nSPS) is 14.9. The highest BCUT2D eigenvalue weighted by molar-refractivity contribution is 5.79. The number of amides is 1. The van der Waals surface area contributed by atoms with E-state index in [-0.39, 0.29) is 28.5 Å². The van der Waals surface area contributed by atoms with E-state index >= 15 is 0 Å². The third kappa shape index (κ3) is 4.50. The Morgan fingerprint density at radius 1 is 1.11 bits per heavy atom. The molecule has 6 heteroatoms. The SMILES string of the molecule is CC(C)N(Cc1ccccc1)C(=O)C1CCN(c2ccccc2[N+](=O)[O-])CC1. The fourth-order valence-electron chi connectivity index (χ4n) is 3.78. The second kappa shape index (κ2) is 8.87. The summed E-state index contributed by atoms with van der Waals surface area (Å²) in [6, 6.07) is 17.0. The second-order valence-corrected chi connectivity index (χ2v) is 7.55. The van der Waals surface area contributed by atoms with Gasteiger partial charge in [0, 0.05) is 37.7 Å². The number of carbonyl (C=O) groups excluding carboxylic acids is 1. The summed E-state index contributed by atoms with van der Waals surface area (Å²) >= 11 is 0. The summed E-state index contributed by atoms with van der Waals surface area (Å²) in [5.41, 5.74) is 1.89. The van der Waals surface area contributed by atoms with Gasteiger partial charge in [0.05, 0.1) is 4.92 Å². The van der Waals surface area contributed by atoms with Crippen molar-refractivity contribution in [3.63, 3.8) is 0 Å². The number of nitrogens with zero attached hydrogens (tertiary/aromatic N) is 3. The summed E-state index contributed by atoms with van der Waals surface area (Å²) in [6.07, 6.45) is 1.42. The van der Waals surface area contributed by atoms with Crippen LogP contribution in [-0.4, -0.2) is 34.9 Å². The van der Waals surface area contributed by atoms with E-state index in [9.17, 15) is 14.9 Å². The van der Waals surface area contributed by atoms with Crippen LogP contribution < -0.4 is 4.90 Å². The van der Waals surface area contributed by atoms with Gasteiger partial charge in [0.25, 0.3) is 5.69 Å². The zero-order valence-electron chi connectivity index (χ0n) is 16.5. The number of hydrogen-bond acceptors (Lipinski definition) is 4. The molecule has 0 saturated carbocycles. The highest BCUT2D eigenvalue weighted by atomic mass is 16.6. The van der Waals surface area contributed by atoms with Gasteiger partial charge in [0.15, 0.2) is 0 Å². The quantitative estimate of drug-likeness (QED) is 0.554. The minimum absolute atomic E-state index is 0.0369. The van der Waals surface area contributed by atoms with Crippen LogP contribution >= 0.6 is 0 Å². The summed E-state index contributed by atoms with van der Waals surface area (Å²) in [7, 11) is 0. The lowest BCUT2D eigenvalue weighted by Gasteiger charge is -2.36. The summed E-state index contributed by atoms with van der Waals surface area (Å²) in [5.74, 6) is 0.145. The molecule has 0 unspecified atom stereocenters. The number of benzene rings is 2. The summed E-state index contributed by atoms with van der Waals surface area (Å²) in [6.45, 7) is 6.01. The van der Waals surface area contributed by atoms with Crippen LogP contribution in [0.3, 0.4) is 0 Å². The largest absolute Gasteiger partial charge is 0.366 e. The molecule has 28 heavy (non-hydrogen) atoms.